The van der Waals surface area contributed by atoms with Crippen molar-refractivity contribution in [2.45, 2.75) is 36.8 Å². The van der Waals surface area contributed by atoms with E-state index in [1.165, 1.54) is 24.3 Å². The van der Waals surface area contributed by atoms with Crippen LogP contribution in [0.2, 0.25) is 0 Å². The number of aliphatic hydroxyl groups excluding tert-OH is 2. The van der Waals surface area contributed by atoms with Gasteiger partial charge in [-0.1, -0.05) is 6.07 Å². The smallest absolute Gasteiger partial charge is 0.335 e. The Morgan fingerprint density at radius 1 is 1.16 bits per heavy atom. The Balaban J connectivity index is 2.06. The topological polar surface area (TPSA) is 165 Å². The monoisotopic (exact) mass is 354 g/mol. The van der Waals surface area contributed by atoms with Crippen molar-refractivity contribution in [2.75, 3.05) is 0 Å². The van der Waals surface area contributed by atoms with Gasteiger partial charge in [0, 0.05) is 18.9 Å². The van der Waals surface area contributed by atoms with Gasteiger partial charge < -0.3 is 35.4 Å². The third kappa shape index (κ3) is 4.27. The van der Waals surface area contributed by atoms with E-state index in [-0.39, 0.29) is 11.5 Å². The average molecular weight is 354 g/mol. The Morgan fingerprint density at radius 3 is 2.44 bits per heavy atom. The van der Waals surface area contributed by atoms with Crippen molar-refractivity contribution in [3.8, 4) is 11.5 Å². The molecule has 1 aromatic rings. The standard InChI is InChI=1S/C16H18O9/c17-9-3-1-8(5-10(9)18)2-4-13(20)25-12-7-16(24,15(22)23)6-11(19)14(12)21/h1-5,11-12,14,17-19,21,24H,6-7H2,(H,22,23)/b4-2-/t11-,12-,14-,16-/m0/s1. The van der Waals surface area contributed by atoms with Crippen LogP contribution in [0.4, 0.5) is 0 Å². The van der Waals surface area contributed by atoms with Crippen LogP contribution in [0.15, 0.2) is 24.3 Å². The van der Waals surface area contributed by atoms with E-state index in [2.05, 4.69) is 0 Å². The van der Waals surface area contributed by atoms with E-state index >= 15 is 0 Å². The van der Waals surface area contributed by atoms with E-state index in [9.17, 15) is 35.1 Å². The fourth-order valence-corrected chi connectivity index (χ4v) is 2.53. The number of hydrogen-bond acceptors (Lipinski definition) is 8. The van der Waals surface area contributed by atoms with Gasteiger partial charge in [-0.05, 0) is 23.8 Å². The van der Waals surface area contributed by atoms with Crippen LogP contribution in [0.5, 0.6) is 11.5 Å². The molecule has 1 aliphatic rings. The molecular formula is C16H18O9. The number of rotatable bonds is 4. The third-order valence-corrected chi connectivity index (χ3v) is 3.94. The maximum atomic E-state index is 11.8. The van der Waals surface area contributed by atoms with Crippen molar-refractivity contribution in [2.24, 2.45) is 0 Å². The van der Waals surface area contributed by atoms with E-state index < -0.39 is 48.7 Å². The number of hydrogen-bond donors (Lipinski definition) is 6. The SMILES string of the molecule is O=C(/C=C\c1ccc(O)c(O)c1)O[C@H]1C[C@](O)(C(=O)O)C[C@H](O)[C@@H]1O. The largest absolute Gasteiger partial charge is 0.504 e. The highest BCUT2D eigenvalue weighted by Crippen LogP contribution is 2.31. The van der Waals surface area contributed by atoms with Gasteiger partial charge in [-0.25, -0.2) is 9.59 Å². The number of esters is 1. The minimum Gasteiger partial charge on any atom is -0.504 e. The molecule has 0 spiro atoms. The number of carboxylic acid groups (broad SMARTS) is 1. The predicted octanol–water partition coefficient (Wildman–Crippen LogP) is -0.646. The Labute approximate surface area is 142 Å². The second kappa shape index (κ2) is 7.09. The molecule has 2 rings (SSSR count). The van der Waals surface area contributed by atoms with Crippen molar-refractivity contribution in [1.29, 1.82) is 0 Å². The van der Waals surface area contributed by atoms with Crippen LogP contribution < -0.4 is 0 Å². The molecule has 0 amide bonds. The van der Waals surface area contributed by atoms with Crippen molar-refractivity contribution < 1.29 is 45.0 Å². The first-order chi connectivity index (χ1) is 11.6. The van der Waals surface area contributed by atoms with Crippen LogP contribution in [0.3, 0.4) is 0 Å². The third-order valence-electron chi connectivity index (χ3n) is 3.94. The van der Waals surface area contributed by atoms with Crippen LogP contribution in [0.1, 0.15) is 18.4 Å². The highest BCUT2D eigenvalue weighted by Gasteiger charge is 2.50. The summed E-state index contributed by atoms with van der Waals surface area (Å²) in [6, 6.07) is 3.83. The molecular weight excluding hydrogens is 336 g/mol. The highest BCUT2D eigenvalue weighted by atomic mass is 16.6. The van der Waals surface area contributed by atoms with Gasteiger partial charge in [-0.3, -0.25) is 0 Å². The fraction of sp³-hybridized carbons (Fsp3) is 0.375. The molecule has 9 heteroatoms. The Hall–Kier alpha value is -2.62. The molecule has 6 N–H and O–H groups in total. The second-order valence-electron chi connectivity index (χ2n) is 5.86. The van der Waals surface area contributed by atoms with Crippen molar-refractivity contribution in [3.63, 3.8) is 0 Å². The lowest BCUT2D eigenvalue weighted by atomic mass is 9.79. The minimum atomic E-state index is -2.31. The molecule has 9 nitrogen and oxygen atoms in total. The van der Waals surface area contributed by atoms with E-state index in [1.54, 1.807) is 0 Å². The van der Waals surface area contributed by atoms with Crippen LogP contribution in [-0.4, -0.2) is 66.5 Å². The van der Waals surface area contributed by atoms with Gasteiger partial charge in [0.25, 0.3) is 0 Å². The average Bonchev–Trinajstić information content (AvgIpc) is 2.53. The number of ether oxygens (including phenoxy) is 1. The molecule has 1 aliphatic carbocycles. The molecule has 0 saturated heterocycles. The summed E-state index contributed by atoms with van der Waals surface area (Å²) in [6.07, 6.45) is -3.44. The van der Waals surface area contributed by atoms with E-state index in [0.29, 0.717) is 5.56 Å². The number of aromatic hydroxyl groups is 2. The van der Waals surface area contributed by atoms with Gasteiger partial charge in [-0.2, -0.15) is 0 Å². The van der Waals surface area contributed by atoms with Gasteiger partial charge in [0.1, 0.15) is 12.2 Å². The molecule has 0 aromatic heterocycles. The van der Waals surface area contributed by atoms with E-state index in [1.807, 2.05) is 0 Å². The molecule has 0 radical (unpaired) electrons. The number of phenolic OH excluding ortho intramolecular Hbond substituents is 2. The molecule has 1 aromatic carbocycles. The summed E-state index contributed by atoms with van der Waals surface area (Å²) in [7, 11) is 0. The second-order valence-corrected chi connectivity index (χ2v) is 5.86. The van der Waals surface area contributed by atoms with Gasteiger partial charge in [0.15, 0.2) is 17.1 Å². The minimum absolute atomic E-state index is 0.327. The summed E-state index contributed by atoms with van der Waals surface area (Å²) < 4.78 is 4.92. The summed E-state index contributed by atoms with van der Waals surface area (Å²) in [5.41, 5.74) is -1.94. The molecule has 0 aliphatic heterocycles. The van der Waals surface area contributed by atoms with Crippen molar-refractivity contribution in [3.05, 3.63) is 29.8 Å². The summed E-state index contributed by atoms with van der Waals surface area (Å²) in [6.45, 7) is 0. The van der Waals surface area contributed by atoms with Gasteiger partial charge in [0.2, 0.25) is 0 Å². The van der Waals surface area contributed by atoms with Crippen LogP contribution in [-0.2, 0) is 14.3 Å². The van der Waals surface area contributed by atoms with Gasteiger partial charge in [-0.15, -0.1) is 0 Å². The first-order valence-electron chi connectivity index (χ1n) is 7.35. The molecule has 0 unspecified atom stereocenters. The van der Waals surface area contributed by atoms with Crippen LogP contribution in [0.25, 0.3) is 6.08 Å². The molecule has 1 fully saturated rings. The Kier molecular flexibility index (Phi) is 5.31. The van der Waals surface area contributed by atoms with Crippen molar-refractivity contribution >= 4 is 18.0 Å². The zero-order valence-corrected chi connectivity index (χ0v) is 12.9. The fourth-order valence-electron chi connectivity index (χ4n) is 2.53. The lowest BCUT2D eigenvalue weighted by Crippen LogP contribution is -2.57. The highest BCUT2D eigenvalue weighted by molar-refractivity contribution is 5.87. The lowest BCUT2D eigenvalue weighted by molar-refractivity contribution is -0.196. The maximum Gasteiger partial charge on any atom is 0.335 e. The number of carbonyl (C=O) groups excluding carboxylic acids is 1. The number of benzene rings is 1. The molecule has 0 heterocycles. The first-order valence-corrected chi connectivity index (χ1v) is 7.35. The summed E-state index contributed by atoms with van der Waals surface area (Å²) in [5.74, 6) is -3.24. The first kappa shape index (κ1) is 18.7. The van der Waals surface area contributed by atoms with Crippen molar-refractivity contribution in [1.82, 2.24) is 0 Å². The number of carbonyl (C=O) groups is 2. The Bertz CT molecular complexity index is 699. The number of phenols is 2. The van der Waals surface area contributed by atoms with Gasteiger partial charge in [0.05, 0.1) is 6.10 Å². The zero-order chi connectivity index (χ0) is 18.8. The maximum absolute atomic E-state index is 11.8. The van der Waals surface area contributed by atoms with Crippen LogP contribution in [0, 0.1) is 0 Å². The molecule has 0 bridgehead atoms. The van der Waals surface area contributed by atoms with E-state index in [4.69, 9.17) is 9.84 Å². The zero-order valence-electron chi connectivity index (χ0n) is 12.9. The normalized spacial score (nSPS) is 29.5. The predicted molar refractivity (Wildman–Crippen MR) is 82.5 cm³/mol. The lowest BCUT2D eigenvalue weighted by Gasteiger charge is -2.39. The quantitative estimate of drug-likeness (QED) is 0.234. The van der Waals surface area contributed by atoms with E-state index in [0.717, 1.165) is 6.08 Å². The number of aliphatic hydroxyl groups is 3. The molecule has 4 atom stereocenters. The molecule has 25 heavy (non-hydrogen) atoms. The molecule has 1 saturated carbocycles. The summed E-state index contributed by atoms with van der Waals surface area (Å²) >= 11 is 0. The number of carboxylic acids is 1. The summed E-state index contributed by atoms with van der Waals surface area (Å²) in [4.78, 5) is 22.9. The Morgan fingerprint density at radius 2 is 1.84 bits per heavy atom. The number of aliphatic carboxylic acids is 1. The summed E-state index contributed by atoms with van der Waals surface area (Å²) in [5, 5.41) is 57.0. The molecule has 136 valence electrons. The van der Waals surface area contributed by atoms with Gasteiger partial charge >= 0.3 is 11.9 Å². The van der Waals surface area contributed by atoms with Crippen LogP contribution >= 0.6 is 0 Å².